The van der Waals surface area contributed by atoms with Crippen LogP contribution in [0.1, 0.15) is 5.56 Å². The zero-order chi connectivity index (χ0) is 14.8. The summed E-state index contributed by atoms with van der Waals surface area (Å²) in [6.45, 7) is 0. The van der Waals surface area contributed by atoms with Crippen molar-refractivity contribution in [3.05, 3.63) is 53.1 Å². The van der Waals surface area contributed by atoms with Gasteiger partial charge in [0, 0.05) is 17.7 Å². The van der Waals surface area contributed by atoms with Gasteiger partial charge >= 0.3 is 5.97 Å². The second-order valence-corrected chi connectivity index (χ2v) is 6.50. The molecule has 2 aromatic carbocycles. The minimum Gasteiger partial charge on any atom is -0.481 e. The van der Waals surface area contributed by atoms with Crippen LogP contribution in [0.25, 0.3) is 11.1 Å². The van der Waals surface area contributed by atoms with E-state index in [1.807, 2.05) is 36.4 Å². The number of benzene rings is 2. The van der Waals surface area contributed by atoms with Crippen molar-refractivity contribution in [1.29, 1.82) is 0 Å². The van der Waals surface area contributed by atoms with Crippen LogP contribution in [0, 0.1) is 0 Å². The maximum Gasteiger partial charge on any atom is 0.313 e. The fraction of sp³-hybridized carbons (Fsp3) is 0.188. The molecule has 5 heteroatoms. The summed E-state index contributed by atoms with van der Waals surface area (Å²) in [4.78, 5) is 10.7. The normalized spacial score (nSPS) is 16.3. The number of fused-ring (bicyclic) bond motifs is 1. The number of halogens is 1. The molecule has 0 aliphatic carbocycles. The van der Waals surface area contributed by atoms with E-state index in [1.54, 1.807) is 0 Å². The second kappa shape index (κ2) is 6.00. The molecule has 0 saturated heterocycles. The third-order valence-electron chi connectivity index (χ3n) is 3.41. The lowest BCUT2D eigenvalue weighted by atomic mass is 10.0. The third kappa shape index (κ3) is 3.17. The van der Waals surface area contributed by atoms with Gasteiger partial charge in [0.2, 0.25) is 0 Å². The molecule has 2 N–H and O–H groups in total. The molecule has 0 spiro atoms. The fourth-order valence-corrected chi connectivity index (χ4v) is 3.58. The van der Waals surface area contributed by atoms with E-state index in [0.717, 1.165) is 23.2 Å². The largest absolute Gasteiger partial charge is 0.481 e. The molecule has 3 rings (SSSR count). The van der Waals surface area contributed by atoms with Gasteiger partial charge in [0.15, 0.2) is 0 Å². The standard InChI is InChI=1S/C16H14ClNO2S/c17-13-8-14-11(7-15(18-14)21-9-16(19)20)6-12(13)10-4-2-1-3-5-10/h1-6,8,15,18H,7,9H2,(H,19,20). The molecular formula is C16H14ClNO2S. The van der Waals surface area contributed by atoms with Gasteiger partial charge in [-0.05, 0) is 23.3 Å². The summed E-state index contributed by atoms with van der Waals surface area (Å²) in [7, 11) is 0. The highest BCUT2D eigenvalue weighted by molar-refractivity contribution is 8.00. The van der Waals surface area contributed by atoms with Gasteiger partial charge in [0.05, 0.1) is 16.1 Å². The Kier molecular flexibility index (Phi) is 4.08. The maximum absolute atomic E-state index is 10.7. The van der Waals surface area contributed by atoms with Gasteiger partial charge in [0.1, 0.15) is 0 Å². The molecule has 108 valence electrons. The molecule has 1 unspecified atom stereocenters. The van der Waals surface area contributed by atoms with Crippen molar-refractivity contribution in [3.63, 3.8) is 0 Å². The Balaban J connectivity index is 1.84. The van der Waals surface area contributed by atoms with Gasteiger partial charge in [-0.15, -0.1) is 11.8 Å². The number of rotatable bonds is 4. The third-order valence-corrected chi connectivity index (χ3v) is 4.82. The van der Waals surface area contributed by atoms with Crippen LogP contribution in [-0.2, 0) is 11.2 Å². The summed E-state index contributed by atoms with van der Waals surface area (Å²) < 4.78 is 0. The van der Waals surface area contributed by atoms with Crippen molar-refractivity contribution in [2.45, 2.75) is 11.8 Å². The van der Waals surface area contributed by atoms with E-state index < -0.39 is 5.97 Å². The van der Waals surface area contributed by atoms with Gasteiger partial charge in [-0.2, -0.15) is 0 Å². The van der Waals surface area contributed by atoms with Crippen molar-refractivity contribution >= 4 is 35.0 Å². The zero-order valence-corrected chi connectivity index (χ0v) is 12.7. The number of carboxylic acids is 1. The Morgan fingerprint density at radius 3 is 2.81 bits per heavy atom. The summed E-state index contributed by atoms with van der Waals surface area (Å²) in [5, 5.41) is 12.9. The molecule has 3 nitrogen and oxygen atoms in total. The van der Waals surface area contributed by atoms with Gasteiger partial charge < -0.3 is 10.4 Å². The first-order valence-electron chi connectivity index (χ1n) is 6.61. The summed E-state index contributed by atoms with van der Waals surface area (Å²) >= 11 is 7.78. The smallest absolute Gasteiger partial charge is 0.313 e. The lowest BCUT2D eigenvalue weighted by Gasteiger charge is -2.09. The lowest BCUT2D eigenvalue weighted by Crippen LogP contribution is -2.13. The maximum atomic E-state index is 10.7. The molecule has 1 heterocycles. The lowest BCUT2D eigenvalue weighted by molar-refractivity contribution is -0.133. The number of carboxylic acid groups (broad SMARTS) is 1. The molecule has 2 aromatic rings. The van der Waals surface area contributed by atoms with Crippen LogP contribution >= 0.6 is 23.4 Å². The molecule has 0 amide bonds. The summed E-state index contributed by atoms with van der Waals surface area (Å²) in [5.41, 5.74) is 4.29. The monoisotopic (exact) mass is 319 g/mol. The summed E-state index contributed by atoms with van der Waals surface area (Å²) in [6.07, 6.45) is 0.810. The predicted molar refractivity (Wildman–Crippen MR) is 88.1 cm³/mol. The molecule has 21 heavy (non-hydrogen) atoms. The van der Waals surface area contributed by atoms with Gasteiger partial charge in [-0.3, -0.25) is 4.79 Å². The molecule has 0 aromatic heterocycles. The number of hydrogen-bond acceptors (Lipinski definition) is 3. The molecule has 1 aliphatic heterocycles. The predicted octanol–water partition coefficient (Wildman–Crippen LogP) is 4.12. The number of nitrogens with one attached hydrogen (secondary N) is 1. The van der Waals surface area contributed by atoms with Crippen molar-refractivity contribution in [3.8, 4) is 11.1 Å². The van der Waals surface area contributed by atoms with Crippen LogP contribution in [0.3, 0.4) is 0 Å². The molecular weight excluding hydrogens is 306 g/mol. The first kappa shape index (κ1) is 14.3. The van der Waals surface area contributed by atoms with Gasteiger partial charge in [0.25, 0.3) is 0 Å². The van der Waals surface area contributed by atoms with E-state index >= 15 is 0 Å². The van der Waals surface area contributed by atoms with Crippen molar-refractivity contribution < 1.29 is 9.90 Å². The van der Waals surface area contributed by atoms with Gasteiger partial charge in [-0.1, -0.05) is 41.9 Å². The molecule has 0 bridgehead atoms. The van der Waals surface area contributed by atoms with Crippen LogP contribution in [0.2, 0.25) is 5.02 Å². The number of anilines is 1. The van der Waals surface area contributed by atoms with Crippen LogP contribution in [-0.4, -0.2) is 22.2 Å². The average Bonchev–Trinajstić information content (AvgIpc) is 2.87. The molecule has 0 radical (unpaired) electrons. The number of thioether (sulfide) groups is 1. The van der Waals surface area contributed by atoms with Crippen molar-refractivity contribution in [1.82, 2.24) is 0 Å². The minimum atomic E-state index is -0.791. The summed E-state index contributed by atoms with van der Waals surface area (Å²) in [6, 6.07) is 14.1. The highest BCUT2D eigenvalue weighted by Crippen LogP contribution is 2.38. The van der Waals surface area contributed by atoms with E-state index in [2.05, 4.69) is 11.4 Å². The topological polar surface area (TPSA) is 49.3 Å². The Morgan fingerprint density at radius 1 is 1.33 bits per heavy atom. The first-order valence-corrected chi connectivity index (χ1v) is 8.04. The highest BCUT2D eigenvalue weighted by atomic mass is 35.5. The van der Waals surface area contributed by atoms with E-state index in [4.69, 9.17) is 16.7 Å². The first-order chi connectivity index (χ1) is 10.1. The molecule has 1 atom stereocenters. The van der Waals surface area contributed by atoms with E-state index in [9.17, 15) is 4.79 Å². The Labute approximate surface area is 132 Å². The number of carbonyl (C=O) groups is 1. The quantitative estimate of drug-likeness (QED) is 0.890. The molecule has 1 aliphatic rings. The van der Waals surface area contributed by atoms with Crippen molar-refractivity contribution in [2.75, 3.05) is 11.1 Å². The Hall–Kier alpha value is -1.65. The average molecular weight is 320 g/mol. The number of hydrogen-bond donors (Lipinski definition) is 2. The Morgan fingerprint density at radius 2 is 2.10 bits per heavy atom. The van der Waals surface area contributed by atoms with Crippen LogP contribution in [0.15, 0.2) is 42.5 Å². The summed E-state index contributed by atoms with van der Waals surface area (Å²) in [5.74, 6) is -0.689. The number of aliphatic carboxylic acids is 1. The SMILES string of the molecule is O=C(O)CSC1Cc2cc(-c3ccccc3)c(Cl)cc2N1. The van der Waals surface area contributed by atoms with Crippen molar-refractivity contribution in [2.24, 2.45) is 0 Å². The molecule has 0 saturated carbocycles. The van der Waals surface area contributed by atoms with Gasteiger partial charge in [-0.25, -0.2) is 0 Å². The molecule has 0 fully saturated rings. The van der Waals surface area contributed by atoms with E-state index in [0.29, 0.717) is 5.02 Å². The Bertz CT molecular complexity index is 675. The minimum absolute atomic E-state index is 0.0955. The zero-order valence-electron chi connectivity index (χ0n) is 11.2. The second-order valence-electron chi connectivity index (χ2n) is 4.90. The van der Waals surface area contributed by atoms with E-state index in [-0.39, 0.29) is 11.1 Å². The van der Waals surface area contributed by atoms with E-state index in [1.165, 1.54) is 17.3 Å². The fourth-order valence-electron chi connectivity index (χ4n) is 2.46. The highest BCUT2D eigenvalue weighted by Gasteiger charge is 2.23. The van der Waals surface area contributed by atoms with Crippen LogP contribution in [0.5, 0.6) is 0 Å². The van der Waals surface area contributed by atoms with Crippen LogP contribution in [0.4, 0.5) is 5.69 Å². The van der Waals surface area contributed by atoms with Crippen LogP contribution < -0.4 is 5.32 Å².